The van der Waals surface area contributed by atoms with E-state index in [9.17, 15) is 4.79 Å². The Balaban J connectivity index is 1.70. The molecule has 0 amide bonds. The molecule has 4 aliphatic rings. The predicted molar refractivity (Wildman–Crippen MR) is 107 cm³/mol. The number of Topliss-reactive ketones (excluding diaryl/α,β-unsaturated/α-hetero) is 1. The van der Waals surface area contributed by atoms with Gasteiger partial charge in [-0.2, -0.15) is 0 Å². The molecular weight excluding hydrogens is 428 g/mol. The Morgan fingerprint density at radius 3 is 2.58 bits per heavy atom. The van der Waals surface area contributed by atoms with Crippen LogP contribution in [0.5, 0.6) is 0 Å². The van der Waals surface area contributed by atoms with Gasteiger partial charge in [0.15, 0.2) is 0 Å². The van der Waals surface area contributed by atoms with Crippen molar-refractivity contribution in [3.63, 3.8) is 0 Å². The second-order valence-electron chi connectivity index (χ2n) is 9.80. The smallest absolute Gasteiger partial charge is 0.134 e. The highest BCUT2D eigenvalue weighted by Crippen LogP contribution is 2.70. The molecule has 0 radical (unpaired) electrons. The van der Waals surface area contributed by atoms with Gasteiger partial charge in [0.1, 0.15) is 5.78 Å². The van der Waals surface area contributed by atoms with Gasteiger partial charge in [-0.1, -0.05) is 59.1 Å². The van der Waals surface area contributed by atoms with E-state index in [2.05, 4.69) is 52.6 Å². The monoisotopic (exact) mass is 458 g/mol. The fourth-order valence-electron chi connectivity index (χ4n) is 7.76. The molecule has 2 unspecified atom stereocenters. The van der Waals surface area contributed by atoms with E-state index in [1.807, 2.05) is 0 Å². The van der Waals surface area contributed by atoms with Gasteiger partial charge < -0.3 is 0 Å². The number of rotatable bonds is 1. The molecule has 0 saturated heterocycles. The summed E-state index contributed by atoms with van der Waals surface area (Å²) in [7, 11) is 0. The van der Waals surface area contributed by atoms with Crippen LogP contribution in [-0.2, 0) is 4.79 Å². The molecule has 0 bridgehead atoms. The third-order valence-electron chi connectivity index (χ3n) is 9.25. The molecule has 0 N–H and O–H groups in total. The van der Waals surface area contributed by atoms with Crippen molar-refractivity contribution in [2.24, 2.45) is 34.5 Å². The van der Waals surface area contributed by atoms with Gasteiger partial charge in [-0.15, -0.1) is 0 Å². The molecule has 0 aliphatic heterocycles. The first-order valence-electron chi connectivity index (χ1n) is 10.1. The lowest BCUT2D eigenvalue weighted by molar-refractivity contribution is -0.133. The van der Waals surface area contributed by atoms with Gasteiger partial charge in [0.05, 0.1) is 4.32 Å². The van der Waals surface area contributed by atoms with E-state index in [-0.39, 0.29) is 9.74 Å². The molecule has 0 spiro atoms. The predicted octanol–water partition coefficient (Wildman–Crippen LogP) is 6.52. The number of alkyl halides is 2. The van der Waals surface area contributed by atoms with E-state index < -0.39 is 0 Å². The van der Waals surface area contributed by atoms with E-state index >= 15 is 0 Å². The van der Waals surface area contributed by atoms with Crippen LogP contribution in [0.25, 0.3) is 0 Å². The summed E-state index contributed by atoms with van der Waals surface area (Å²) in [4.78, 5) is 12.7. The highest BCUT2D eigenvalue weighted by Gasteiger charge is 2.66. The van der Waals surface area contributed by atoms with E-state index in [0.717, 1.165) is 42.9 Å². The molecule has 0 aromatic rings. The summed E-state index contributed by atoms with van der Waals surface area (Å²) >= 11 is 8.20. The van der Waals surface area contributed by atoms with E-state index in [1.54, 1.807) is 0 Å². The molecule has 8 atom stereocenters. The van der Waals surface area contributed by atoms with Gasteiger partial charge in [-0.25, -0.2) is 0 Å². The molecule has 4 rings (SSSR count). The number of carbonyl (C=O) groups excluding carboxylic acids is 1. The molecule has 0 aromatic carbocycles. The van der Waals surface area contributed by atoms with Crippen LogP contribution in [0.15, 0.2) is 0 Å². The molecule has 3 heteroatoms. The highest BCUT2D eigenvalue weighted by atomic mass is 79.9. The van der Waals surface area contributed by atoms with Crippen LogP contribution < -0.4 is 0 Å². The van der Waals surface area contributed by atoms with Crippen LogP contribution >= 0.6 is 31.9 Å². The summed E-state index contributed by atoms with van der Waals surface area (Å²) in [5.74, 6) is 3.96. The first-order chi connectivity index (χ1) is 11.3. The van der Waals surface area contributed by atoms with Crippen molar-refractivity contribution >= 4 is 37.6 Å². The SMILES string of the molecule is CC[C@H]1CC[C@H]2[C@@H]3CC(Br)C4(Br)CC(=O)CC[C@]4(C)[C@H]3CC[C@]12C. The van der Waals surface area contributed by atoms with Gasteiger partial charge in [-0.3, -0.25) is 4.79 Å². The maximum absolute atomic E-state index is 12.2. The average molecular weight is 460 g/mol. The maximum Gasteiger partial charge on any atom is 0.134 e. The van der Waals surface area contributed by atoms with Gasteiger partial charge in [-0.05, 0) is 73.0 Å². The zero-order valence-electron chi connectivity index (χ0n) is 15.4. The number of fused-ring (bicyclic) bond motifs is 5. The van der Waals surface area contributed by atoms with Crippen molar-refractivity contribution < 1.29 is 4.79 Å². The van der Waals surface area contributed by atoms with Crippen molar-refractivity contribution in [3.05, 3.63) is 0 Å². The number of halogens is 2. The maximum atomic E-state index is 12.2. The minimum absolute atomic E-state index is 0.0208. The fraction of sp³-hybridized carbons (Fsp3) is 0.952. The fourth-order valence-corrected chi connectivity index (χ4v) is 9.87. The Morgan fingerprint density at radius 1 is 1.12 bits per heavy atom. The third kappa shape index (κ3) is 2.18. The zero-order chi connectivity index (χ0) is 17.3. The van der Waals surface area contributed by atoms with Crippen molar-refractivity contribution in [1.82, 2.24) is 0 Å². The summed E-state index contributed by atoms with van der Waals surface area (Å²) in [6.45, 7) is 7.52. The van der Waals surface area contributed by atoms with Gasteiger partial charge in [0.25, 0.3) is 0 Å². The van der Waals surface area contributed by atoms with E-state index in [1.165, 1.54) is 38.5 Å². The highest BCUT2D eigenvalue weighted by molar-refractivity contribution is 9.12. The molecule has 24 heavy (non-hydrogen) atoms. The molecule has 136 valence electrons. The molecule has 0 heterocycles. The van der Waals surface area contributed by atoms with Gasteiger partial charge in [0, 0.05) is 17.7 Å². The lowest BCUT2D eigenvalue weighted by Crippen LogP contribution is -2.64. The lowest BCUT2D eigenvalue weighted by Gasteiger charge is -2.65. The van der Waals surface area contributed by atoms with Crippen LogP contribution in [0.3, 0.4) is 0 Å². The topological polar surface area (TPSA) is 17.1 Å². The van der Waals surface area contributed by atoms with Crippen LogP contribution in [0, 0.1) is 34.5 Å². The standard InChI is InChI=1S/C21H32Br2O/c1-4-13-5-6-16-15-11-18(22)21(23)12-14(24)7-10-20(21,3)17(15)8-9-19(13,16)2/h13,15-18H,4-12H2,1-3H3/t13-,15-,16-,17-,18?,19+,20+,21?/m0/s1. The van der Waals surface area contributed by atoms with Crippen LogP contribution in [0.4, 0.5) is 0 Å². The molecule has 0 aromatic heterocycles. The quantitative estimate of drug-likeness (QED) is 0.408. The van der Waals surface area contributed by atoms with Gasteiger partial charge in [0.2, 0.25) is 0 Å². The van der Waals surface area contributed by atoms with Gasteiger partial charge >= 0.3 is 0 Å². The van der Waals surface area contributed by atoms with Crippen molar-refractivity contribution in [2.75, 3.05) is 0 Å². The number of hydrogen-bond donors (Lipinski definition) is 0. The van der Waals surface area contributed by atoms with Crippen LogP contribution in [-0.4, -0.2) is 14.9 Å². The molecular formula is C21H32Br2O. The summed E-state index contributed by atoms with van der Waals surface area (Å²) in [5.41, 5.74) is 0.847. The summed E-state index contributed by atoms with van der Waals surface area (Å²) in [6.07, 6.45) is 10.9. The lowest BCUT2D eigenvalue weighted by atomic mass is 9.44. The van der Waals surface area contributed by atoms with Crippen LogP contribution in [0.2, 0.25) is 0 Å². The van der Waals surface area contributed by atoms with E-state index in [0.29, 0.717) is 16.0 Å². The first kappa shape index (κ1) is 18.0. The normalized spacial score (nSPS) is 57.2. The summed E-state index contributed by atoms with van der Waals surface area (Å²) in [6, 6.07) is 0. The van der Waals surface area contributed by atoms with Crippen molar-refractivity contribution in [1.29, 1.82) is 0 Å². The second kappa shape index (κ2) is 5.81. The Kier molecular flexibility index (Phi) is 4.36. The Morgan fingerprint density at radius 2 is 1.88 bits per heavy atom. The minimum Gasteiger partial charge on any atom is -0.300 e. The number of ketones is 1. The Bertz CT molecular complexity index is 548. The molecule has 1 nitrogen and oxygen atoms in total. The number of hydrogen-bond acceptors (Lipinski definition) is 1. The van der Waals surface area contributed by atoms with E-state index in [4.69, 9.17) is 0 Å². The van der Waals surface area contributed by atoms with Crippen LogP contribution in [0.1, 0.15) is 78.6 Å². The third-order valence-corrected chi connectivity index (χ3v) is 12.8. The van der Waals surface area contributed by atoms with Crippen molar-refractivity contribution in [2.45, 2.75) is 87.7 Å². The summed E-state index contributed by atoms with van der Waals surface area (Å²) < 4.78 is -0.0208. The Hall–Kier alpha value is 0.630. The first-order valence-corrected chi connectivity index (χ1v) is 11.8. The zero-order valence-corrected chi connectivity index (χ0v) is 18.6. The molecule has 4 saturated carbocycles. The Labute approximate surface area is 164 Å². The minimum atomic E-state index is -0.0208. The molecule has 4 aliphatic carbocycles. The molecule has 4 fully saturated rings. The summed E-state index contributed by atoms with van der Waals surface area (Å²) in [5, 5.41) is 0. The second-order valence-corrected chi connectivity index (χ2v) is 12.3. The number of carbonyl (C=O) groups is 1. The largest absolute Gasteiger partial charge is 0.300 e. The average Bonchev–Trinajstić information content (AvgIpc) is 2.87. The van der Waals surface area contributed by atoms with Crippen molar-refractivity contribution in [3.8, 4) is 0 Å².